The molecule has 0 N–H and O–H groups in total. The first-order chi connectivity index (χ1) is 12.2. The van der Waals surface area contributed by atoms with E-state index in [0.717, 1.165) is 37.6 Å². The molecule has 3 rings (SSSR count). The lowest BCUT2D eigenvalue weighted by atomic mass is 10.2. The Morgan fingerprint density at radius 1 is 1.20 bits per heavy atom. The van der Waals surface area contributed by atoms with Crippen molar-refractivity contribution in [2.75, 3.05) is 0 Å². The Morgan fingerprint density at radius 2 is 2.08 bits per heavy atom. The first-order valence-electron chi connectivity index (χ1n) is 8.44. The van der Waals surface area contributed by atoms with Crippen molar-refractivity contribution in [1.82, 2.24) is 19.7 Å². The number of allylic oxidation sites excluding steroid dienone is 1. The van der Waals surface area contributed by atoms with Crippen molar-refractivity contribution >= 4 is 11.3 Å². The summed E-state index contributed by atoms with van der Waals surface area (Å²) in [6, 6.07) is 8.28. The molecule has 4 nitrogen and oxygen atoms in total. The highest BCUT2D eigenvalue weighted by atomic mass is 32.1. The monoisotopic (exact) mass is 352 g/mol. The van der Waals surface area contributed by atoms with Crippen LogP contribution in [0.1, 0.15) is 27.4 Å². The number of nitrogens with zero attached hydrogens (tertiary/aromatic N) is 4. The average Bonchev–Trinajstić information content (AvgIpc) is 3.15. The zero-order chi connectivity index (χ0) is 17.6. The molecule has 0 saturated heterocycles. The molecule has 0 aliphatic heterocycles. The van der Waals surface area contributed by atoms with Gasteiger partial charge in [0.1, 0.15) is 0 Å². The van der Waals surface area contributed by atoms with E-state index < -0.39 is 0 Å². The van der Waals surface area contributed by atoms with Gasteiger partial charge in [0, 0.05) is 42.5 Å². The number of hydrogen-bond donors (Lipinski definition) is 0. The van der Waals surface area contributed by atoms with Gasteiger partial charge in [0.25, 0.3) is 0 Å². The minimum Gasteiger partial charge on any atom is -0.288 e. The summed E-state index contributed by atoms with van der Waals surface area (Å²) in [4.78, 5) is 8.34. The van der Waals surface area contributed by atoms with Crippen molar-refractivity contribution in [3.63, 3.8) is 0 Å². The van der Waals surface area contributed by atoms with E-state index in [2.05, 4.69) is 59.1 Å². The van der Waals surface area contributed by atoms with Gasteiger partial charge in [-0.05, 0) is 43.0 Å². The molecule has 0 fully saturated rings. The number of aryl methyl sites for hydroxylation is 2. The van der Waals surface area contributed by atoms with E-state index in [4.69, 9.17) is 0 Å². The summed E-state index contributed by atoms with van der Waals surface area (Å²) < 4.78 is 1.95. The van der Waals surface area contributed by atoms with Crippen LogP contribution in [0.2, 0.25) is 0 Å². The maximum absolute atomic E-state index is 4.58. The Morgan fingerprint density at radius 3 is 2.76 bits per heavy atom. The molecule has 5 heteroatoms. The SMILES string of the molecule is C=CCn1cc(CN(Cc2ccccn2)Cc2sccc2C)c(C)n1. The molecule has 130 valence electrons. The van der Waals surface area contributed by atoms with Gasteiger partial charge >= 0.3 is 0 Å². The van der Waals surface area contributed by atoms with Crippen LogP contribution >= 0.6 is 11.3 Å². The van der Waals surface area contributed by atoms with Crippen LogP contribution in [0.15, 0.2) is 54.7 Å². The standard InChI is InChI=1S/C20H24N4S/c1-4-10-24-13-18(17(3)22-24)12-23(14-19-7-5-6-9-21-19)15-20-16(2)8-11-25-20/h4-9,11,13H,1,10,12,14-15H2,2-3H3. The van der Waals surface area contributed by atoms with Gasteiger partial charge in [-0.2, -0.15) is 5.10 Å². The third-order valence-electron chi connectivity index (χ3n) is 4.21. The van der Waals surface area contributed by atoms with Crippen molar-refractivity contribution < 1.29 is 0 Å². The van der Waals surface area contributed by atoms with Crippen LogP contribution in [-0.2, 0) is 26.2 Å². The van der Waals surface area contributed by atoms with Crippen molar-refractivity contribution in [2.24, 2.45) is 0 Å². The summed E-state index contributed by atoms with van der Waals surface area (Å²) in [6.45, 7) is 11.4. The predicted octanol–water partition coefficient (Wildman–Crippen LogP) is 4.34. The lowest BCUT2D eigenvalue weighted by molar-refractivity contribution is 0.246. The minimum absolute atomic E-state index is 0.741. The van der Waals surface area contributed by atoms with Crippen LogP contribution in [0, 0.1) is 13.8 Å². The Bertz CT molecular complexity index is 819. The molecule has 0 atom stereocenters. The maximum atomic E-state index is 4.58. The van der Waals surface area contributed by atoms with Gasteiger partial charge in [0.15, 0.2) is 0 Å². The van der Waals surface area contributed by atoms with Gasteiger partial charge in [0.2, 0.25) is 0 Å². The number of thiophene rings is 1. The molecular formula is C20H24N4S. The highest BCUT2D eigenvalue weighted by Crippen LogP contribution is 2.21. The molecule has 0 bridgehead atoms. The molecule has 0 aliphatic rings. The molecule has 0 unspecified atom stereocenters. The molecule has 25 heavy (non-hydrogen) atoms. The smallest absolute Gasteiger partial charge is 0.0638 e. The average molecular weight is 353 g/mol. The van der Waals surface area contributed by atoms with E-state index in [0.29, 0.717) is 0 Å². The van der Waals surface area contributed by atoms with Crippen molar-refractivity contribution in [3.05, 3.63) is 82.1 Å². The molecular weight excluding hydrogens is 328 g/mol. The summed E-state index contributed by atoms with van der Waals surface area (Å²) in [5.74, 6) is 0. The predicted molar refractivity (Wildman–Crippen MR) is 103 cm³/mol. The Balaban J connectivity index is 1.80. The van der Waals surface area contributed by atoms with E-state index in [1.807, 2.05) is 40.4 Å². The fourth-order valence-electron chi connectivity index (χ4n) is 2.84. The van der Waals surface area contributed by atoms with Gasteiger partial charge < -0.3 is 0 Å². The van der Waals surface area contributed by atoms with E-state index >= 15 is 0 Å². The van der Waals surface area contributed by atoms with Crippen LogP contribution < -0.4 is 0 Å². The van der Waals surface area contributed by atoms with Crippen LogP contribution in [0.25, 0.3) is 0 Å². The summed E-state index contributed by atoms with van der Waals surface area (Å²) in [5.41, 5.74) is 4.78. The third-order valence-corrected chi connectivity index (χ3v) is 5.21. The minimum atomic E-state index is 0.741. The lowest BCUT2D eigenvalue weighted by Gasteiger charge is -2.21. The second-order valence-corrected chi connectivity index (χ2v) is 7.24. The number of rotatable bonds is 8. The van der Waals surface area contributed by atoms with Crippen molar-refractivity contribution in [2.45, 2.75) is 40.0 Å². The molecule has 0 saturated carbocycles. The van der Waals surface area contributed by atoms with Gasteiger partial charge in [-0.15, -0.1) is 17.9 Å². The number of pyridine rings is 1. The number of hydrogen-bond acceptors (Lipinski definition) is 4. The third kappa shape index (κ3) is 4.65. The van der Waals surface area contributed by atoms with Crippen LogP contribution in [0.3, 0.4) is 0 Å². The fourth-order valence-corrected chi connectivity index (χ4v) is 3.79. The molecule has 0 spiro atoms. The lowest BCUT2D eigenvalue weighted by Crippen LogP contribution is -2.23. The zero-order valence-corrected chi connectivity index (χ0v) is 15.7. The van der Waals surface area contributed by atoms with E-state index in [9.17, 15) is 0 Å². The molecule has 3 heterocycles. The quantitative estimate of drug-likeness (QED) is 0.565. The van der Waals surface area contributed by atoms with E-state index in [-0.39, 0.29) is 0 Å². The second kappa shape index (κ2) is 8.23. The maximum Gasteiger partial charge on any atom is 0.0638 e. The molecule has 3 aromatic rings. The van der Waals surface area contributed by atoms with Gasteiger partial charge in [-0.1, -0.05) is 12.1 Å². The Labute approximate surface area is 153 Å². The largest absolute Gasteiger partial charge is 0.288 e. The Hall–Kier alpha value is -2.24. The van der Waals surface area contributed by atoms with E-state index in [1.165, 1.54) is 16.0 Å². The normalized spacial score (nSPS) is 11.2. The van der Waals surface area contributed by atoms with Crippen LogP contribution in [0.5, 0.6) is 0 Å². The summed E-state index contributed by atoms with van der Waals surface area (Å²) in [5, 5.41) is 6.74. The topological polar surface area (TPSA) is 34.0 Å². The second-order valence-electron chi connectivity index (χ2n) is 6.24. The summed E-state index contributed by atoms with van der Waals surface area (Å²) in [6.07, 6.45) is 5.86. The summed E-state index contributed by atoms with van der Waals surface area (Å²) in [7, 11) is 0. The Kier molecular flexibility index (Phi) is 5.79. The molecule has 0 radical (unpaired) electrons. The van der Waals surface area contributed by atoms with Gasteiger partial charge in [0.05, 0.1) is 17.9 Å². The van der Waals surface area contributed by atoms with Crippen LogP contribution in [0.4, 0.5) is 0 Å². The molecule has 3 aromatic heterocycles. The number of aromatic nitrogens is 3. The molecule has 0 aromatic carbocycles. The highest BCUT2D eigenvalue weighted by Gasteiger charge is 2.14. The van der Waals surface area contributed by atoms with Gasteiger partial charge in [-0.3, -0.25) is 14.6 Å². The first-order valence-corrected chi connectivity index (χ1v) is 9.32. The molecule has 0 aliphatic carbocycles. The zero-order valence-electron chi connectivity index (χ0n) is 14.9. The fraction of sp³-hybridized carbons (Fsp3) is 0.300. The van der Waals surface area contributed by atoms with Crippen molar-refractivity contribution in [1.29, 1.82) is 0 Å². The van der Waals surface area contributed by atoms with Crippen molar-refractivity contribution in [3.8, 4) is 0 Å². The van der Waals surface area contributed by atoms with Gasteiger partial charge in [-0.25, -0.2) is 0 Å². The van der Waals surface area contributed by atoms with E-state index in [1.54, 1.807) is 0 Å². The highest BCUT2D eigenvalue weighted by molar-refractivity contribution is 7.10. The summed E-state index contributed by atoms with van der Waals surface area (Å²) >= 11 is 1.82. The first kappa shape index (κ1) is 17.6. The van der Waals surface area contributed by atoms with Crippen LogP contribution in [-0.4, -0.2) is 19.7 Å². The molecule has 0 amide bonds.